The van der Waals surface area contributed by atoms with E-state index in [2.05, 4.69) is 4.99 Å². The lowest BCUT2D eigenvalue weighted by Crippen LogP contribution is -2.09. The smallest absolute Gasteiger partial charge is 0.0437 e. The second-order valence-electron chi connectivity index (χ2n) is 2.47. The summed E-state index contributed by atoms with van der Waals surface area (Å²) in [5.74, 6) is 0.559. The molecule has 9 heavy (non-hydrogen) atoms. The molecule has 0 saturated heterocycles. The summed E-state index contributed by atoms with van der Waals surface area (Å²) in [6.07, 6.45) is 5.29. The molecule has 1 unspecified atom stereocenters. The summed E-state index contributed by atoms with van der Waals surface area (Å²) in [4.78, 5) is 4.14. The van der Waals surface area contributed by atoms with Crippen molar-refractivity contribution in [2.45, 2.75) is 19.3 Å². The van der Waals surface area contributed by atoms with Crippen LogP contribution in [0.25, 0.3) is 0 Å². The number of hydrogen-bond donors (Lipinski definition) is 1. The second kappa shape index (κ2) is 3.62. The Hall–Kier alpha value is -0.370. The van der Waals surface area contributed by atoms with Gasteiger partial charge in [0.2, 0.25) is 0 Å². The van der Waals surface area contributed by atoms with Crippen LogP contribution in [0.2, 0.25) is 0 Å². The summed E-state index contributed by atoms with van der Waals surface area (Å²) in [6, 6.07) is 0. The van der Waals surface area contributed by atoms with E-state index in [0.717, 1.165) is 13.0 Å². The lowest BCUT2D eigenvalue weighted by Gasteiger charge is -2.12. The Morgan fingerprint density at radius 2 is 2.56 bits per heavy atom. The minimum Gasteiger partial charge on any atom is -0.396 e. The highest BCUT2D eigenvalue weighted by atomic mass is 16.3. The van der Waals surface area contributed by atoms with Crippen molar-refractivity contribution in [3.05, 3.63) is 0 Å². The molecule has 0 aliphatic carbocycles. The molecule has 1 aliphatic rings. The van der Waals surface area contributed by atoms with E-state index in [1.54, 1.807) is 0 Å². The Morgan fingerprint density at radius 1 is 1.67 bits per heavy atom. The molecule has 52 valence electrons. The summed E-state index contributed by atoms with van der Waals surface area (Å²) in [5.41, 5.74) is 0. The van der Waals surface area contributed by atoms with Gasteiger partial charge >= 0.3 is 0 Å². The van der Waals surface area contributed by atoms with Crippen molar-refractivity contribution < 1.29 is 5.11 Å². The zero-order chi connectivity index (χ0) is 6.53. The Kier molecular flexibility index (Phi) is 2.71. The van der Waals surface area contributed by atoms with E-state index in [9.17, 15) is 0 Å². The molecule has 1 heterocycles. The van der Waals surface area contributed by atoms with Crippen LogP contribution in [0.5, 0.6) is 0 Å². The minimum absolute atomic E-state index is 0.302. The molecule has 0 radical (unpaired) electrons. The summed E-state index contributed by atoms with van der Waals surface area (Å²) in [5, 5.41) is 8.56. The van der Waals surface area contributed by atoms with Gasteiger partial charge in [-0.15, -0.1) is 0 Å². The highest BCUT2D eigenvalue weighted by Crippen LogP contribution is 2.11. The largest absolute Gasteiger partial charge is 0.396 e. The van der Waals surface area contributed by atoms with Crippen LogP contribution in [0.1, 0.15) is 19.3 Å². The monoisotopic (exact) mass is 127 g/mol. The molecule has 0 aromatic rings. The van der Waals surface area contributed by atoms with Crippen LogP contribution in [-0.4, -0.2) is 24.5 Å². The number of aliphatic hydroxyl groups is 1. The SMILES string of the molecule is OCCC1C=NCCC1. The third-order valence-electron chi connectivity index (χ3n) is 1.68. The lowest BCUT2D eigenvalue weighted by molar-refractivity contribution is 0.270. The molecule has 2 heteroatoms. The number of aliphatic imine (C=N–C) groups is 1. The van der Waals surface area contributed by atoms with Gasteiger partial charge in [0.15, 0.2) is 0 Å². The molecule has 0 amide bonds. The van der Waals surface area contributed by atoms with E-state index in [-0.39, 0.29) is 0 Å². The first-order valence-electron chi connectivity index (χ1n) is 3.54. The topological polar surface area (TPSA) is 32.6 Å². The quantitative estimate of drug-likeness (QED) is 0.586. The molecule has 1 N–H and O–H groups in total. The third-order valence-corrected chi connectivity index (χ3v) is 1.68. The van der Waals surface area contributed by atoms with Crippen LogP contribution in [0, 0.1) is 5.92 Å². The van der Waals surface area contributed by atoms with E-state index in [1.165, 1.54) is 12.8 Å². The maximum absolute atomic E-state index is 8.56. The third kappa shape index (κ3) is 2.14. The molecule has 0 fully saturated rings. The Labute approximate surface area is 55.6 Å². The summed E-state index contributed by atoms with van der Waals surface area (Å²) >= 11 is 0. The van der Waals surface area contributed by atoms with Crippen LogP contribution in [0.15, 0.2) is 4.99 Å². The van der Waals surface area contributed by atoms with Gasteiger partial charge in [-0.3, -0.25) is 4.99 Å². The first-order valence-corrected chi connectivity index (χ1v) is 3.54. The Morgan fingerprint density at radius 3 is 3.11 bits per heavy atom. The van der Waals surface area contributed by atoms with E-state index in [0.29, 0.717) is 12.5 Å². The molecule has 1 rings (SSSR count). The predicted octanol–water partition coefficient (Wildman–Crippen LogP) is 0.850. The second-order valence-corrected chi connectivity index (χ2v) is 2.47. The Bertz CT molecular complexity index is 101. The fourth-order valence-electron chi connectivity index (χ4n) is 1.13. The summed E-state index contributed by atoms with van der Waals surface area (Å²) in [7, 11) is 0. The summed E-state index contributed by atoms with van der Waals surface area (Å²) < 4.78 is 0. The van der Waals surface area contributed by atoms with Gasteiger partial charge in [0, 0.05) is 19.4 Å². The molecule has 1 aliphatic heterocycles. The fraction of sp³-hybridized carbons (Fsp3) is 0.857. The van der Waals surface area contributed by atoms with Crippen molar-refractivity contribution in [1.29, 1.82) is 0 Å². The highest BCUT2D eigenvalue weighted by Gasteiger charge is 2.07. The fourth-order valence-corrected chi connectivity index (χ4v) is 1.13. The van der Waals surface area contributed by atoms with Crippen LogP contribution in [0.3, 0.4) is 0 Å². The zero-order valence-electron chi connectivity index (χ0n) is 5.58. The van der Waals surface area contributed by atoms with E-state index in [4.69, 9.17) is 5.11 Å². The standard InChI is InChI=1S/C7H13NO/c9-5-3-7-2-1-4-8-6-7/h6-7,9H,1-5H2. The maximum atomic E-state index is 8.56. The van der Waals surface area contributed by atoms with Gasteiger partial charge in [-0.05, 0) is 25.2 Å². The van der Waals surface area contributed by atoms with Crippen molar-refractivity contribution in [3.8, 4) is 0 Å². The zero-order valence-corrected chi connectivity index (χ0v) is 5.58. The number of nitrogens with zero attached hydrogens (tertiary/aromatic N) is 1. The Balaban J connectivity index is 2.23. The van der Waals surface area contributed by atoms with Crippen molar-refractivity contribution >= 4 is 6.21 Å². The maximum Gasteiger partial charge on any atom is 0.0437 e. The van der Waals surface area contributed by atoms with Gasteiger partial charge < -0.3 is 5.11 Å². The van der Waals surface area contributed by atoms with Crippen molar-refractivity contribution in [1.82, 2.24) is 0 Å². The molecule has 0 saturated carbocycles. The van der Waals surface area contributed by atoms with Crippen molar-refractivity contribution in [2.24, 2.45) is 10.9 Å². The van der Waals surface area contributed by atoms with Crippen LogP contribution < -0.4 is 0 Å². The molecule has 0 aromatic carbocycles. The average molecular weight is 127 g/mol. The average Bonchev–Trinajstić information content (AvgIpc) is 1.91. The molecule has 0 aromatic heterocycles. The van der Waals surface area contributed by atoms with Gasteiger partial charge in [0.05, 0.1) is 0 Å². The number of hydrogen-bond acceptors (Lipinski definition) is 2. The van der Waals surface area contributed by atoms with Crippen LogP contribution in [-0.2, 0) is 0 Å². The first kappa shape index (κ1) is 6.75. The van der Waals surface area contributed by atoms with Gasteiger partial charge in [-0.1, -0.05) is 0 Å². The van der Waals surface area contributed by atoms with E-state index < -0.39 is 0 Å². The first-order chi connectivity index (χ1) is 4.43. The molecule has 0 bridgehead atoms. The van der Waals surface area contributed by atoms with E-state index >= 15 is 0 Å². The van der Waals surface area contributed by atoms with Gasteiger partial charge in [0.1, 0.15) is 0 Å². The number of aliphatic hydroxyl groups excluding tert-OH is 1. The van der Waals surface area contributed by atoms with Crippen LogP contribution in [0.4, 0.5) is 0 Å². The van der Waals surface area contributed by atoms with Gasteiger partial charge in [-0.2, -0.15) is 0 Å². The molecular formula is C7H13NO. The lowest BCUT2D eigenvalue weighted by atomic mass is 9.99. The molecular weight excluding hydrogens is 114 g/mol. The van der Waals surface area contributed by atoms with Gasteiger partial charge in [0.25, 0.3) is 0 Å². The highest BCUT2D eigenvalue weighted by molar-refractivity contribution is 5.61. The van der Waals surface area contributed by atoms with Crippen molar-refractivity contribution in [3.63, 3.8) is 0 Å². The minimum atomic E-state index is 0.302. The van der Waals surface area contributed by atoms with Gasteiger partial charge in [-0.25, -0.2) is 0 Å². The van der Waals surface area contributed by atoms with Crippen molar-refractivity contribution in [2.75, 3.05) is 13.2 Å². The number of rotatable bonds is 2. The molecule has 1 atom stereocenters. The summed E-state index contributed by atoms with van der Waals surface area (Å²) in [6.45, 7) is 1.29. The van der Waals surface area contributed by atoms with E-state index in [1.807, 2.05) is 6.21 Å². The molecule has 2 nitrogen and oxygen atoms in total. The normalized spacial score (nSPS) is 26.6. The predicted molar refractivity (Wildman–Crippen MR) is 37.8 cm³/mol. The van der Waals surface area contributed by atoms with Crippen LogP contribution >= 0.6 is 0 Å². The molecule has 0 spiro atoms.